The summed E-state index contributed by atoms with van der Waals surface area (Å²) in [4.78, 5) is 32.6. The Labute approximate surface area is 250 Å². The highest BCUT2D eigenvalue weighted by atomic mass is 35.5. The van der Waals surface area contributed by atoms with E-state index in [1.165, 1.54) is 33.8 Å². The minimum atomic E-state index is -3.59. The first-order valence-corrected chi connectivity index (χ1v) is 15.9. The van der Waals surface area contributed by atoms with Gasteiger partial charge in [-0.05, 0) is 43.2 Å². The van der Waals surface area contributed by atoms with Crippen molar-refractivity contribution in [3.63, 3.8) is 0 Å². The van der Waals surface area contributed by atoms with Crippen molar-refractivity contribution < 1.29 is 18.1 Å². The van der Waals surface area contributed by atoms with Crippen molar-refractivity contribution in [2.45, 2.75) is 43.0 Å². The van der Waals surface area contributed by atoms with Gasteiger partial charge < -0.3 is 10.2 Å². The Balaban J connectivity index is 0.00000387. The quantitative estimate of drug-likeness (QED) is 0.279. The van der Waals surface area contributed by atoms with Crippen molar-refractivity contribution in [2.24, 2.45) is 0 Å². The summed E-state index contributed by atoms with van der Waals surface area (Å²) in [5.41, 5.74) is 1.26. The Morgan fingerprint density at radius 2 is 1.78 bits per heavy atom. The van der Waals surface area contributed by atoms with Crippen LogP contribution in [0.25, 0.3) is 10.2 Å². The number of nitro benzene ring substituents is 1. The largest absolute Gasteiger partial charge is 0.351 e. The highest BCUT2D eigenvalue weighted by molar-refractivity contribution is 7.89. The van der Waals surface area contributed by atoms with Gasteiger partial charge in [-0.1, -0.05) is 30.6 Å². The molecule has 0 radical (unpaired) electrons. The lowest BCUT2D eigenvalue weighted by Crippen LogP contribution is -2.48. The van der Waals surface area contributed by atoms with E-state index in [4.69, 9.17) is 0 Å². The van der Waals surface area contributed by atoms with Gasteiger partial charge in [-0.15, -0.1) is 12.4 Å². The summed E-state index contributed by atoms with van der Waals surface area (Å²) in [7, 11) is -1.94. The van der Waals surface area contributed by atoms with Crippen molar-refractivity contribution in [2.75, 3.05) is 51.2 Å². The number of piperazine rings is 1. The van der Waals surface area contributed by atoms with Gasteiger partial charge in [0.2, 0.25) is 10.0 Å². The molecule has 0 atom stereocenters. The maximum atomic E-state index is 13.0. The molecule has 11 nitrogen and oxygen atoms in total. The van der Waals surface area contributed by atoms with Gasteiger partial charge in [-0.2, -0.15) is 4.31 Å². The van der Waals surface area contributed by atoms with E-state index in [0.29, 0.717) is 18.7 Å². The average molecular weight is 623 g/mol. The second-order valence-corrected chi connectivity index (χ2v) is 13.3. The number of fused-ring (bicyclic) bond motifs is 1. The van der Waals surface area contributed by atoms with Crippen LogP contribution >= 0.6 is 23.7 Å². The van der Waals surface area contributed by atoms with Crippen LogP contribution in [0.15, 0.2) is 47.4 Å². The number of hydrogen-bond donors (Lipinski definition) is 1. The zero-order chi connectivity index (χ0) is 28.3. The number of anilines is 1. The number of non-ortho nitro benzene ring substituents is 1. The Bertz CT molecular complexity index is 1470. The van der Waals surface area contributed by atoms with Crippen molar-refractivity contribution >= 4 is 60.7 Å². The molecule has 1 aliphatic carbocycles. The molecule has 1 amide bonds. The van der Waals surface area contributed by atoms with Crippen molar-refractivity contribution in [1.29, 1.82) is 0 Å². The topological polar surface area (TPSA) is 129 Å². The van der Waals surface area contributed by atoms with Crippen LogP contribution in [-0.2, 0) is 10.0 Å². The Hall–Kier alpha value is -2.84. The van der Waals surface area contributed by atoms with E-state index in [0.717, 1.165) is 73.6 Å². The minimum Gasteiger partial charge on any atom is -0.351 e. The summed E-state index contributed by atoms with van der Waals surface area (Å²) in [6.07, 6.45) is 5.04. The maximum Gasteiger partial charge on any atom is 0.270 e. The number of nitrogens with zero attached hydrogens (tertiary/aromatic N) is 5. The molecule has 1 aromatic heterocycles. The lowest BCUT2D eigenvalue weighted by Gasteiger charge is -2.34. The summed E-state index contributed by atoms with van der Waals surface area (Å²) in [6, 6.07) is 10.9. The molecule has 1 saturated heterocycles. The number of hydrogen-bond acceptors (Lipinski definition) is 9. The molecule has 2 aromatic carbocycles. The van der Waals surface area contributed by atoms with Gasteiger partial charge in [0.1, 0.15) is 0 Å². The van der Waals surface area contributed by atoms with Crippen molar-refractivity contribution in [3.05, 3.63) is 58.1 Å². The van der Waals surface area contributed by atoms with Crippen LogP contribution in [0.2, 0.25) is 0 Å². The zero-order valence-corrected chi connectivity index (χ0v) is 25.3. The van der Waals surface area contributed by atoms with E-state index in [9.17, 15) is 23.3 Å². The standard InChI is InChI=1S/C27H34N6O5S2.ClH/c1-30(21-5-3-2-4-6-21)40(37,38)23-10-7-20(8-11-23)26(34)28-13-14-31-15-17-32(18-16-31)27-29-24-12-9-22(33(35)36)19-25(24)39-27;/h7-12,19,21H,2-6,13-18H2,1H3,(H,28,34);1H. The number of amides is 1. The van der Waals surface area contributed by atoms with Crippen LogP contribution in [0.5, 0.6) is 0 Å². The monoisotopic (exact) mass is 622 g/mol. The van der Waals surface area contributed by atoms with Gasteiger partial charge in [0.15, 0.2) is 5.13 Å². The van der Waals surface area contributed by atoms with Crippen molar-refractivity contribution in [3.8, 4) is 0 Å². The number of nitro groups is 1. The number of carbonyl (C=O) groups is 1. The van der Waals surface area contributed by atoms with Gasteiger partial charge in [0, 0.05) is 70.1 Å². The molecule has 3 aromatic rings. The minimum absolute atomic E-state index is 0. The second-order valence-electron chi connectivity index (χ2n) is 10.3. The van der Waals surface area contributed by atoms with Crippen LogP contribution in [0.3, 0.4) is 0 Å². The predicted molar refractivity (Wildman–Crippen MR) is 163 cm³/mol. The zero-order valence-electron chi connectivity index (χ0n) is 22.9. The molecule has 222 valence electrons. The summed E-state index contributed by atoms with van der Waals surface area (Å²) < 4.78 is 28.4. The van der Waals surface area contributed by atoms with E-state index in [1.807, 2.05) is 0 Å². The smallest absolute Gasteiger partial charge is 0.270 e. The number of nitrogens with one attached hydrogen (secondary N) is 1. The molecular weight excluding hydrogens is 588 g/mol. The normalized spacial score (nSPS) is 17.0. The molecule has 0 spiro atoms. The number of aromatic nitrogens is 1. The SMILES string of the molecule is CN(C1CCCCC1)S(=O)(=O)c1ccc(C(=O)NCCN2CCN(c3nc4ccc([N+](=O)[O-])cc4s3)CC2)cc1.Cl. The fourth-order valence-corrected chi connectivity index (χ4v) is 7.79. The van der Waals surface area contributed by atoms with Crippen LogP contribution in [-0.4, -0.2) is 85.8 Å². The van der Waals surface area contributed by atoms with Crippen LogP contribution in [0.4, 0.5) is 10.8 Å². The number of rotatable bonds is 9. The summed E-state index contributed by atoms with van der Waals surface area (Å²) >= 11 is 1.46. The molecule has 1 aliphatic heterocycles. The van der Waals surface area contributed by atoms with Gasteiger partial charge in [0.25, 0.3) is 11.6 Å². The number of halogens is 1. The van der Waals surface area contributed by atoms with Crippen molar-refractivity contribution in [1.82, 2.24) is 19.5 Å². The molecule has 1 saturated carbocycles. The third kappa shape index (κ3) is 7.15. The highest BCUT2D eigenvalue weighted by Gasteiger charge is 2.29. The number of thiazole rings is 1. The molecular formula is C27H35ClN6O5S2. The van der Waals surface area contributed by atoms with Gasteiger partial charge in [0.05, 0.1) is 20.0 Å². The third-order valence-electron chi connectivity index (χ3n) is 7.81. The molecule has 2 fully saturated rings. The first-order valence-electron chi connectivity index (χ1n) is 13.6. The lowest BCUT2D eigenvalue weighted by molar-refractivity contribution is -0.384. The molecule has 14 heteroatoms. The second kappa shape index (κ2) is 13.4. The summed E-state index contributed by atoms with van der Waals surface area (Å²) in [5.74, 6) is -0.230. The molecule has 2 aliphatic rings. The summed E-state index contributed by atoms with van der Waals surface area (Å²) in [5, 5.41) is 14.8. The molecule has 41 heavy (non-hydrogen) atoms. The Morgan fingerprint density at radius 1 is 1.10 bits per heavy atom. The number of benzene rings is 2. The first kappa shape index (κ1) is 31.1. The molecule has 5 rings (SSSR count). The van der Waals surface area contributed by atoms with Crippen LogP contribution in [0, 0.1) is 10.1 Å². The number of sulfonamides is 1. The van der Waals surface area contributed by atoms with E-state index in [1.54, 1.807) is 31.3 Å². The Morgan fingerprint density at radius 3 is 2.44 bits per heavy atom. The number of carbonyl (C=O) groups excluding carboxylic acids is 1. The third-order valence-corrected chi connectivity index (χ3v) is 10.8. The van der Waals surface area contributed by atoms with E-state index in [2.05, 4.69) is 20.1 Å². The summed E-state index contributed by atoms with van der Waals surface area (Å²) in [6.45, 7) is 4.36. The average Bonchev–Trinajstić information content (AvgIpc) is 3.41. The van der Waals surface area contributed by atoms with Crippen LogP contribution in [0.1, 0.15) is 42.5 Å². The van der Waals surface area contributed by atoms with E-state index >= 15 is 0 Å². The maximum absolute atomic E-state index is 13.0. The van der Waals surface area contributed by atoms with E-state index in [-0.39, 0.29) is 34.9 Å². The lowest BCUT2D eigenvalue weighted by atomic mass is 9.96. The molecule has 2 heterocycles. The molecule has 1 N–H and O–H groups in total. The fourth-order valence-electron chi connectivity index (χ4n) is 5.33. The molecule has 0 unspecified atom stereocenters. The highest BCUT2D eigenvalue weighted by Crippen LogP contribution is 2.32. The van der Waals surface area contributed by atoms with Gasteiger partial charge >= 0.3 is 0 Å². The van der Waals surface area contributed by atoms with E-state index < -0.39 is 14.9 Å². The molecule has 0 bridgehead atoms. The fraction of sp³-hybridized carbons (Fsp3) is 0.481. The first-order chi connectivity index (χ1) is 19.2. The van der Waals surface area contributed by atoms with Gasteiger partial charge in [-0.25, -0.2) is 13.4 Å². The van der Waals surface area contributed by atoms with Crippen LogP contribution < -0.4 is 10.2 Å². The predicted octanol–water partition coefficient (Wildman–Crippen LogP) is 4.13. The Kier molecular flexibility index (Phi) is 10.2. The van der Waals surface area contributed by atoms with Gasteiger partial charge in [-0.3, -0.25) is 19.8 Å².